The summed E-state index contributed by atoms with van der Waals surface area (Å²) in [5.41, 5.74) is 1.32. The van der Waals surface area contributed by atoms with Gasteiger partial charge in [0.25, 0.3) is 0 Å². The van der Waals surface area contributed by atoms with Gasteiger partial charge in [0.1, 0.15) is 0 Å². The molecule has 0 spiro atoms. The largest absolute Gasteiger partial charge is 0.465 e. The van der Waals surface area contributed by atoms with Crippen LogP contribution in [0.1, 0.15) is 12.5 Å². The maximum absolute atomic E-state index is 11.4. The highest BCUT2D eigenvalue weighted by Crippen LogP contribution is 2.63. The number of carbonyl (C=O) groups excluding carboxylic acids is 1. The van der Waals surface area contributed by atoms with Crippen LogP contribution in [0.15, 0.2) is 30.3 Å². The summed E-state index contributed by atoms with van der Waals surface area (Å²) in [6.07, 6.45) is 0. The fourth-order valence-corrected chi connectivity index (χ4v) is 2.73. The Hall–Kier alpha value is -1.31. The summed E-state index contributed by atoms with van der Waals surface area (Å²) >= 11 is 0. The van der Waals surface area contributed by atoms with Crippen LogP contribution >= 0.6 is 0 Å². The molecule has 2 aliphatic rings. The Balaban J connectivity index is 1.99. The van der Waals surface area contributed by atoms with Gasteiger partial charge in [-0.15, -0.1) is 0 Å². The highest BCUT2D eigenvalue weighted by atomic mass is 16.5. The van der Waals surface area contributed by atoms with Gasteiger partial charge in [0.15, 0.2) is 0 Å². The van der Waals surface area contributed by atoms with E-state index in [0.717, 1.165) is 0 Å². The molecule has 2 nitrogen and oxygen atoms in total. The molecule has 0 N–H and O–H groups in total. The molecular formula is C12H12O2. The van der Waals surface area contributed by atoms with Gasteiger partial charge in [-0.3, -0.25) is 4.79 Å². The molecule has 1 heterocycles. The lowest BCUT2D eigenvalue weighted by molar-refractivity contribution is -0.142. The first kappa shape index (κ1) is 8.04. The van der Waals surface area contributed by atoms with E-state index in [2.05, 4.69) is 19.1 Å². The molecule has 0 amide bonds. The molecule has 1 saturated carbocycles. The quantitative estimate of drug-likeness (QED) is 0.627. The predicted octanol–water partition coefficient (Wildman–Crippen LogP) is 1.75. The van der Waals surface area contributed by atoms with Crippen LogP contribution in [-0.4, -0.2) is 12.6 Å². The second kappa shape index (κ2) is 2.38. The third kappa shape index (κ3) is 0.788. The van der Waals surface area contributed by atoms with Gasteiger partial charge in [-0.1, -0.05) is 37.3 Å². The average Bonchev–Trinajstić information content (AvgIpc) is 2.61. The van der Waals surface area contributed by atoms with E-state index >= 15 is 0 Å². The molecule has 3 unspecified atom stereocenters. The lowest BCUT2D eigenvalue weighted by Gasteiger charge is -2.14. The van der Waals surface area contributed by atoms with Crippen molar-refractivity contribution in [2.24, 2.45) is 11.8 Å². The van der Waals surface area contributed by atoms with Gasteiger partial charge < -0.3 is 4.74 Å². The van der Waals surface area contributed by atoms with Crippen molar-refractivity contribution in [2.75, 3.05) is 6.61 Å². The molecule has 1 aliphatic carbocycles. The molecule has 1 aromatic carbocycles. The van der Waals surface area contributed by atoms with Gasteiger partial charge in [0, 0.05) is 11.3 Å². The number of benzene rings is 1. The minimum absolute atomic E-state index is 0.0126. The lowest BCUT2D eigenvalue weighted by atomic mass is 9.93. The molecule has 3 atom stereocenters. The van der Waals surface area contributed by atoms with Crippen molar-refractivity contribution in [1.29, 1.82) is 0 Å². The van der Waals surface area contributed by atoms with Crippen LogP contribution < -0.4 is 0 Å². The Bertz CT molecular complexity index is 385. The number of hydrogen-bond acceptors (Lipinski definition) is 2. The molecule has 1 saturated heterocycles. The van der Waals surface area contributed by atoms with Crippen molar-refractivity contribution >= 4 is 5.97 Å². The van der Waals surface area contributed by atoms with Crippen molar-refractivity contribution in [3.05, 3.63) is 35.9 Å². The van der Waals surface area contributed by atoms with Gasteiger partial charge in [-0.2, -0.15) is 0 Å². The summed E-state index contributed by atoms with van der Waals surface area (Å²) < 4.78 is 4.99. The molecule has 0 aromatic heterocycles. The van der Waals surface area contributed by atoms with Crippen LogP contribution in [0.5, 0.6) is 0 Å². The monoisotopic (exact) mass is 188 g/mol. The predicted molar refractivity (Wildman–Crippen MR) is 51.7 cm³/mol. The Labute approximate surface area is 82.9 Å². The van der Waals surface area contributed by atoms with Crippen molar-refractivity contribution in [1.82, 2.24) is 0 Å². The number of hydrogen-bond donors (Lipinski definition) is 0. The topological polar surface area (TPSA) is 26.3 Å². The van der Waals surface area contributed by atoms with Gasteiger partial charge >= 0.3 is 5.97 Å². The Kier molecular flexibility index (Phi) is 1.37. The van der Waals surface area contributed by atoms with Crippen LogP contribution in [0.2, 0.25) is 0 Å². The highest BCUT2D eigenvalue weighted by molar-refractivity contribution is 5.82. The van der Waals surface area contributed by atoms with E-state index in [1.165, 1.54) is 5.56 Å². The minimum atomic E-state index is -0.0126. The second-order valence-electron chi connectivity index (χ2n) is 4.36. The third-order valence-electron chi connectivity index (χ3n) is 3.76. The zero-order valence-corrected chi connectivity index (χ0v) is 8.07. The first-order valence-electron chi connectivity index (χ1n) is 4.97. The number of carbonyl (C=O) groups is 1. The van der Waals surface area contributed by atoms with E-state index < -0.39 is 0 Å². The molecule has 0 radical (unpaired) electrons. The molecule has 1 aliphatic heterocycles. The number of ether oxygens (including phenoxy) is 1. The van der Waals surface area contributed by atoms with Crippen LogP contribution in [0.4, 0.5) is 0 Å². The second-order valence-corrected chi connectivity index (χ2v) is 4.36. The van der Waals surface area contributed by atoms with Crippen molar-refractivity contribution < 1.29 is 9.53 Å². The molecule has 14 heavy (non-hydrogen) atoms. The summed E-state index contributed by atoms with van der Waals surface area (Å²) in [5, 5.41) is 0. The molecule has 2 heteroatoms. The van der Waals surface area contributed by atoms with Gasteiger partial charge in [-0.05, 0) is 5.56 Å². The zero-order chi connectivity index (χ0) is 9.76. The number of fused-ring (bicyclic) bond motifs is 1. The highest BCUT2D eigenvalue weighted by Gasteiger charge is 2.70. The lowest BCUT2D eigenvalue weighted by Crippen LogP contribution is -2.17. The van der Waals surface area contributed by atoms with E-state index in [9.17, 15) is 4.79 Å². The molecule has 1 aromatic rings. The average molecular weight is 188 g/mol. The number of rotatable bonds is 1. The zero-order valence-electron chi connectivity index (χ0n) is 8.07. The SMILES string of the molecule is CC1(c2ccccc2)C2COC(=O)C21. The number of esters is 1. The van der Waals surface area contributed by atoms with Gasteiger partial charge in [0.05, 0.1) is 12.5 Å². The molecule has 72 valence electrons. The molecule has 2 fully saturated rings. The maximum atomic E-state index is 11.4. The standard InChI is InChI=1S/C12H12O2/c1-12(8-5-3-2-4-6-8)9-7-14-11(13)10(9)12/h2-6,9-10H,7H2,1H3. The van der Waals surface area contributed by atoms with E-state index in [1.54, 1.807) is 0 Å². The van der Waals surface area contributed by atoms with E-state index in [1.807, 2.05) is 18.2 Å². The molecule has 3 rings (SSSR count). The molecular weight excluding hydrogens is 176 g/mol. The van der Waals surface area contributed by atoms with Gasteiger partial charge in [-0.25, -0.2) is 0 Å². The van der Waals surface area contributed by atoms with Crippen molar-refractivity contribution in [3.8, 4) is 0 Å². The van der Waals surface area contributed by atoms with E-state index in [4.69, 9.17) is 4.74 Å². The van der Waals surface area contributed by atoms with Gasteiger partial charge in [0.2, 0.25) is 0 Å². The fraction of sp³-hybridized carbons (Fsp3) is 0.417. The first-order valence-corrected chi connectivity index (χ1v) is 4.97. The summed E-state index contributed by atoms with van der Waals surface area (Å²) in [6.45, 7) is 2.77. The fourth-order valence-electron chi connectivity index (χ4n) is 2.73. The van der Waals surface area contributed by atoms with Crippen LogP contribution in [0.3, 0.4) is 0 Å². The maximum Gasteiger partial charge on any atom is 0.310 e. The van der Waals surface area contributed by atoms with Crippen molar-refractivity contribution in [2.45, 2.75) is 12.3 Å². The van der Waals surface area contributed by atoms with Crippen molar-refractivity contribution in [3.63, 3.8) is 0 Å². The Morgan fingerprint density at radius 2 is 2.07 bits per heavy atom. The smallest absolute Gasteiger partial charge is 0.310 e. The summed E-state index contributed by atoms with van der Waals surface area (Å²) in [5.74, 6) is 0.517. The first-order chi connectivity index (χ1) is 6.74. The van der Waals surface area contributed by atoms with Crippen LogP contribution in [0.25, 0.3) is 0 Å². The van der Waals surface area contributed by atoms with Crippen LogP contribution in [0, 0.1) is 11.8 Å². The Morgan fingerprint density at radius 3 is 2.64 bits per heavy atom. The minimum Gasteiger partial charge on any atom is -0.465 e. The van der Waals surface area contributed by atoms with Crippen LogP contribution in [-0.2, 0) is 14.9 Å². The normalized spacial score (nSPS) is 39.1. The molecule has 0 bridgehead atoms. The summed E-state index contributed by atoms with van der Waals surface area (Å²) in [6, 6.07) is 10.3. The Morgan fingerprint density at radius 1 is 1.36 bits per heavy atom. The van der Waals surface area contributed by atoms with E-state index in [-0.39, 0.29) is 17.3 Å². The third-order valence-corrected chi connectivity index (χ3v) is 3.76. The summed E-state index contributed by atoms with van der Waals surface area (Å²) in [7, 11) is 0. The van der Waals surface area contributed by atoms with E-state index in [0.29, 0.717) is 12.5 Å². The summed E-state index contributed by atoms with van der Waals surface area (Å²) in [4.78, 5) is 11.4. The number of cyclic esters (lactones) is 1.